The zero-order valence-electron chi connectivity index (χ0n) is 11.6. The van der Waals surface area contributed by atoms with E-state index in [-0.39, 0.29) is 18.1 Å². The summed E-state index contributed by atoms with van der Waals surface area (Å²) in [5.74, 6) is -0.299. The highest BCUT2D eigenvalue weighted by molar-refractivity contribution is 7.89. The number of sulfonamides is 1. The van der Waals surface area contributed by atoms with Gasteiger partial charge < -0.3 is 14.2 Å². The lowest BCUT2D eigenvalue weighted by Crippen LogP contribution is -2.30. The molecule has 1 aromatic carbocycles. The lowest BCUT2D eigenvalue weighted by Gasteiger charge is -2.24. The third-order valence-electron chi connectivity index (χ3n) is 3.13. The summed E-state index contributed by atoms with van der Waals surface area (Å²) in [7, 11) is -2.26. The van der Waals surface area contributed by atoms with Gasteiger partial charge in [-0.1, -0.05) is 0 Å². The van der Waals surface area contributed by atoms with Crippen LogP contribution in [0, 0.1) is 5.92 Å². The molecule has 2 N–H and O–H groups in total. The van der Waals surface area contributed by atoms with Gasteiger partial charge in [-0.3, -0.25) is 4.79 Å². The molecule has 21 heavy (non-hydrogen) atoms. The number of benzene rings is 1. The first-order valence-corrected chi connectivity index (χ1v) is 7.90. The maximum absolute atomic E-state index is 11.9. The molecular weight excluding hydrogens is 298 g/mol. The van der Waals surface area contributed by atoms with Crippen LogP contribution in [0.4, 0.5) is 0 Å². The summed E-state index contributed by atoms with van der Waals surface area (Å²) in [6.07, 6.45) is 0.352. The number of methoxy groups -OCH3 is 1. The Morgan fingerprint density at radius 3 is 2.86 bits per heavy atom. The number of primary sulfonamides is 1. The van der Waals surface area contributed by atoms with Crippen molar-refractivity contribution < 1.29 is 27.4 Å². The van der Waals surface area contributed by atoms with E-state index in [9.17, 15) is 13.2 Å². The van der Waals surface area contributed by atoms with Gasteiger partial charge in [0.15, 0.2) is 0 Å². The molecule has 1 aromatic rings. The number of hydrogen-bond acceptors (Lipinski definition) is 6. The second-order valence-electron chi connectivity index (χ2n) is 4.69. The molecule has 116 valence electrons. The van der Waals surface area contributed by atoms with Crippen LogP contribution in [-0.4, -0.2) is 41.3 Å². The maximum atomic E-state index is 11.9. The van der Waals surface area contributed by atoms with E-state index in [0.717, 1.165) is 0 Å². The van der Waals surface area contributed by atoms with Gasteiger partial charge in [-0.15, -0.1) is 0 Å². The smallest absolute Gasteiger partial charge is 0.312 e. The minimum Gasteiger partial charge on any atom is -0.492 e. The zero-order valence-corrected chi connectivity index (χ0v) is 12.4. The standard InChI is InChI=1S/C13H17NO6S/c1-18-4-5-19-13(15)10-6-9-7-11(21(14,16)17)2-3-12(9)20-8-10/h2-3,7,10H,4-6,8H2,1H3,(H2,14,16,17). The molecule has 0 aliphatic carbocycles. The summed E-state index contributed by atoms with van der Waals surface area (Å²) in [6, 6.07) is 4.35. The lowest BCUT2D eigenvalue weighted by molar-refractivity contribution is -0.151. The molecule has 1 aliphatic rings. The third kappa shape index (κ3) is 3.93. The fraction of sp³-hybridized carbons (Fsp3) is 0.462. The molecule has 1 unspecified atom stereocenters. The Labute approximate surface area is 123 Å². The van der Waals surface area contributed by atoms with Gasteiger partial charge in [0.05, 0.1) is 17.4 Å². The molecule has 0 saturated carbocycles. The van der Waals surface area contributed by atoms with Crippen LogP contribution in [-0.2, 0) is 30.7 Å². The number of carbonyl (C=O) groups is 1. The Morgan fingerprint density at radius 2 is 2.19 bits per heavy atom. The number of fused-ring (bicyclic) bond motifs is 1. The van der Waals surface area contributed by atoms with E-state index in [1.807, 2.05) is 0 Å². The Kier molecular flexibility index (Phi) is 4.81. The molecule has 0 bridgehead atoms. The first kappa shape index (κ1) is 15.7. The number of carbonyl (C=O) groups excluding carboxylic acids is 1. The van der Waals surface area contributed by atoms with Gasteiger partial charge in [0.2, 0.25) is 10.0 Å². The van der Waals surface area contributed by atoms with Crippen molar-refractivity contribution in [2.45, 2.75) is 11.3 Å². The number of esters is 1. The van der Waals surface area contributed by atoms with Crippen LogP contribution < -0.4 is 9.88 Å². The van der Waals surface area contributed by atoms with Crippen LogP contribution in [0.1, 0.15) is 5.56 Å². The van der Waals surface area contributed by atoms with Gasteiger partial charge in [-0.25, -0.2) is 13.6 Å². The van der Waals surface area contributed by atoms with Crippen molar-refractivity contribution >= 4 is 16.0 Å². The van der Waals surface area contributed by atoms with Crippen molar-refractivity contribution in [1.82, 2.24) is 0 Å². The predicted octanol–water partition coefficient (Wildman–Crippen LogP) is 0.0747. The maximum Gasteiger partial charge on any atom is 0.312 e. The minimum atomic E-state index is -3.78. The SMILES string of the molecule is COCCOC(=O)C1COc2ccc(S(N)(=O)=O)cc2C1. The number of nitrogens with two attached hydrogens (primary N) is 1. The summed E-state index contributed by atoms with van der Waals surface area (Å²) in [5, 5.41) is 5.09. The van der Waals surface area contributed by atoms with Gasteiger partial charge in [-0.05, 0) is 30.2 Å². The van der Waals surface area contributed by atoms with Crippen molar-refractivity contribution in [3.63, 3.8) is 0 Å². The lowest BCUT2D eigenvalue weighted by atomic mass is 9.97. The molecule has 0 fully saturated rings. The van der Waals surface area contributed by atoms with Gasteiger partial charge in [-0.2, -0.15) is 0 Å². The van der Waals surface area contributed by atoms with Crippen LogP contribution in [0.15, 0.2) is 23.1 Å². The van der Waals surface area contributed by atoms with Crippen molar-refractivity contribution in [3.05, 3.63) is 23.8 Å². The highest BCUT2D eigenvalue weighted by Gasteiger charge is 2.28. The van der Waals surface area contributed by atoms with E-state index in [4.69, 9.17) is 19.3 Å². The highest BCUT2D eigenvalue weighted by Crippen LogP contribution is 2.29. The average molecular weight is 315 g/mol. The van der Waals surface area contributed by atoms with Crippen molar-refractivity contribution in [3.8, 4) is 5.75 Å². The monoisotopic (exact) mass is 315 g/mol. The highest BCUT2D eigenvalue weighted by atomic mass is 32.2. The average Bonchev–Trinajstić information content (AvgIpc) is 2.45. The molecule has 0 spiro atoms. The van der Waals surface area contributed by atoms with Crippen molar-refractivity contribution in [1.29, 1.82) is 0 Å². The van der Waals surface area contributed by atoms with Gasteiger partial charge in [0.25, 0.3) is 0 Å². The molecule has 0 saturated heterocycles. The van der Waals surface area contributed by atoms with E-state index in [1.54, 1.807) is 6.07 Å². The Hall–Kier alpha value is -1.64. The van der Waals surface area contributed by atoms with Crippen LogP contribution in [0.2, 0.25) is 0 Å². The van der Waals surface area contributed by atoms with E-state index >= 15 is 0 Å². The molecule has 0 aromatic heterocycles. The second kappa shape index (κ2) is 6.42. The topological polar surface area (TPSA) is 105 Å². The van der Waals surface area contributed by atoms with Crippen molar-refractivity contribution in [2.24, 2.45) is 11.1 Å². The van der Waals surface area contributed by atoms with E-state index in [0.29, 0.717) is 24.3 Å². The molecule has 0 radical (unpaired) electrons. The largest absolute Gasteiger partial charge is 0.492 e. The summed E-state index contributed by atoms with van der Waals surface area (Å²) in [5.41, 5.74) is 0.626. The quantitative estimate of drug-likeness (QED) is 0.609. The van der Waals surface area contributed by atoms with Gasteiger partial charge >= 0.3 is 5.97 Å². The van der Waals surface area contributed by atoms with Crippen LogP contribution in [0.3, 0.4) is 0 Å². The predicted molar refractivity (Wildman–Crippen MR) is 73.3 cm³/mol. The fourth-order valence-corrected chi connectivity index (χ4v) is 2.61. The molecule has 7 nitrogen and oxygen atoms in total. The summed E-state index contributed by atoms with van der Waals surface area (Å²) >= 11 is 0. The Morgan fingerprint density at radius 1 is 1.43 bits per heavy atom. The zero-order chi connectivity index (χ0) is 15.5. The summed E-state index contributed by atoms with van der Waals surface area (Å²) in [6.45, 7) is 0.703. The normalized spacial score (nSPS) is 17.7. The van der Waals surface area contributed by atoms with Crippen LogP contribution in [0.25, 0.3) is 0 Å². The van der Waals surface area contributed by atoms with E-state index in [1.165, 1.54) is 19.2 Å². The third-order valence-corrected chi connectivity index (χ3v) is 4.04. The first-order chi connectivity index (χ1) is 9.91. The number of rotatable bonds is 5. The molecule has 1 aliphatic heterocycles. The Balaban J connectivity index is 2.10. The van der Waals surface area contributed by atoms with Crippen molar-refractivity contribution in [2.75, 3.05) is 26.9 Å². The fourth-order valence-electron chi connectivity index (χ4n) is 2.04. The van der Waals surface area contributed by atoms with E-state index < -0.39 is 21.9 Å². The second-order valence-corrected chi connectivity index (χ2v) is 6.25. The first-order valence-electron chi connectivity index (χ1n) is 6.36. The van der Waals surface area contributed by atoms with Crippen LogP contribution in [0.5, 0.6) is 5.75 Å². The molecular formula is C13H17NO6S. The number of hydrogen-bond donors (Lipinski definition) is 1. The molecule has 1 heterocycles. The molecule has 1 atom stereocenters. The Bertz CT molecular complexity index is 628. The summed E-state index contributed by atoms with van der Waals surface area (Å²) < 4.78 is 38.0. The molecule has 0 amide bonds. The molecule has 2 rings (SSSR count). The minimum absolute atomic E-state index is 0.00162. The number of ether oxygens (including phenoxy) is 3. The van der Waals surface area contributed by atoms with Crippen LogP contribution >= 0.6 is 0 Å². The van der Waals surface area contributed by atoms with Gasteiger partial charge in [0, 0.05) is 7.11 Å². The summed E-state index contributed by atoms with van der Waals surface area (Å²) in [4.78, 5) is 11.9. The van der Waals surface area contributed by atoms with E-state index in [2.05, 4.69) is 0 Å². The van der Waals surface area contributed by atoms with Gasteiger partial charge in [0.1, 0.15) is 19.0 Å². The molecule has 8 heteroatoms.